The quantitative estimate of drug-likeness (QED) is 0.286. The summed E-state index contributed by atoms with van der Waals surface area (Å²) in [7, 11) is 1.69. The number of hydrogen-bond donors (Lipinski definition) is 1. The molecule has 0 unspecified atom stereocenters. The van der Waals surface area contributed by atoms with E-state index in [2.05, 4.69) is 60.4 Å². The van der Waals surface area contributed by atoms with E-state index in [1.54, 1.807) is 18.9 Å². The maximum atomic E-state index is 5.81. The zero-order valence-corrected chi connectivity index (χ0v) is 20.4. The van der Waals surface area contributed by atoms with Crippen LogP contribution in [0.3, 0.4) is 0 Å². The molecule has 33 heavy (non-hydrogen) atoms. The summed E-state index contributed by atoms with van der Waals surface area (Å²) in [5.74, 6) is 2.68. The number of aromatic nitrogens is 4. The van der Waals surface area contributed by atoms with Gasteiger partial charge in [-0.1, -0.05) is 49.0 Å². The number of benzene rings is 2. The molecule has 5 rings (SSSR count). The molecule has 0 radical (unpaired) electrons. The SMILES string of the molecule is COc1cc2c(cc1-c1c(C)noc1C)[nH]c1nc(C)nc(Sc3ccccc3C(C)C)c12. The van der Waals surface area contributed by atoms with Crippen LogP contribution in [0.2, 0.25) is 0 Å². The van der Waals surface area contributed by atoms with Crippen molar-refractivity contribution in [3.8, 4) is 16.9 Å². The third-order valence-electron chi connectivity index (χ3n) is 5.90. The van der Waals surface area contributed by atoms with E-state index in [9.17, 15) is 0 Å². The van der Waals surface area contributed by atoms with Crippen molar-refractivity contribution in [1.29, 1.82) is 0 Å². The van der Waals surface area contributed by atoms with Crippen LogP contribution < -0.4 is 4.74 Å². The van der Waals surface area contributed by atoms with Gasteiger partial charge in [-0.2, -0.15) is 0 Å². The summed E-state index contributed by atoms with van der Waals surface area (Å²) < 4.78 is 11.2. The van der Waals surface area contributed by atoms with Crippen molar-refractivity contribution in [1.82, 2.24) is 20.1 Å². The average Bonchev–Trinajstić information content (AvgIpc) is 3.31. The fourth-order valence-electron chi connectivity index (χ4n) is 4.36. The Morgan fingerprint density at radius 1 is 1.06 bits per heavy atom. The predicted octanol–water partition coefficient (Wildman–Crippen LogP) is 6.97. The van der Waals surface area contributed by atoms with E-state index >= 15 is 0 Å². The highest BCUT2D eigenvalue weighted by Crippen LogP contribution is 2.43. The highest BCUT2D eigenvalue weighted by molar-refractivity contribution is 7.99. The van der Waals surface area contributed by atoms with E-state index in [-0.39, 0.29) is 0 Å². The second-order valence-electron chi connectivity index (χ2n) is 8.52. The molecule has 2 aromatic carbocycles. The van der Waals surface area contributed by atoms with Gasteiger partial charge in [-0.05, 0) is 50.5 Å². The van der Waals surface area contributed by atoms with Gasteiger partial charge < -0.3 is 14.2 Å². The summed E-state index contributed by atoms with van der Waals surface area (Å²) >= 11 is 1.69. The molecule has 3 aromatic heterocycles. The first kappa shape index (κ1) is 21.5. The zero-order valence-electron chi connectivity index (χ0n) is 19.6. The van der Waals surface area contributed by atoms with Crippen LogP contribution in [-0.2, 0) is 0 Å². The Bertz CT molecular complexity index is 1480. The minimum Gasteiger partial charge on any atom is -0.496 e. The van der Waals surface area contributed by atoms with E-state index in [4.69, 9.17) is 19.2 Å². The van der Waals surface area contributed by atoms with Gasteiger partial charge in [0.25, 0.3) is 0 Å². The molecule has 0 aliphatic heterocycles. The Labute approximate surface area is 196 Å². The summed E-state index contributed by atoms with van der Waals surface area (Å²) in [6.07, 6.45) is 0. The Morgan fingerprint density at radius 2 is 1.85 bits per heavy atom. The molecule has 0 spiro atoms. The molecule has 0 atom stereocenters. The first-order valence-corrected chi connectivity index (χ1v) is 11.8. The summed E-state index contributed by atoms with van der Waals surface area (Å²) in [6.45, 7) is 10.2. The number of hydrogen-bond acceptors (Lipinski definition) is 6. The summed E-state index contributed by atoms with van der Waals surface area (Å²) in [4.78, 5) is 14.3. The average molecular weight is 459 g/mol. The summed E-state index contributed by atoms with van der Waals surface area (Å²) in [5.41, 5.74) is 5.83. The van der Waals surface area contributed by atoms with Crippen molar-refractivity contribution in [3.63, 3.8) is 0 Å². The van der Waals surface area contributed by atoms with Crippen LogP contribution >= 0.6 is 11.8 Å². The molecule has 6 nitrogen and oxygen atoms in total. The Kier molecular flexibility index (Phi) is 5.37. The van der Waals surface area contributed by atoms with Crippen LogP contribution in [-0.4, -0.2) is 27.2 Å². The van der Waals surface area contributed by atoms with Gasteiger partial charge in [0, 0.05) is 21.4 Å². The smallest absolute Gasteiger partial charge is 0.143 e. The molecule has 1 N–H and O–H groups in total. The predicted molar refractivity (Wildman–Crippen MR) is 132 cm³/mol. The summed E-state index contributed by atoms with van der Waals surface area (Å²) in [6, 6.07) is 12.7. The molecule has 168 valence electrons. The normalized spacial score (nSPS) is 11.7. The largest absolute Gasteiger partial charge is 0.496 e. The Morgan fingerprint density at radius 3 is 2.55 bits per heavy atom. The van der Waals surface area contributed by atoms with Gasteiger partial charge in [0.2, 0.25) is 0 Å². The van der Waals surface area contributed by atoms with E-state index in [1.807, 2.05) is 20.8 Å². The maximum Gasteiger partial charge on any atom is 0.143 e. The molecule has 5 aromatic rings. The van der Waals surface area contributed by atoms with Crippen LogP contribution in [0.25, 0.3) is 33.1 Å². The monoisotopic (exact) mass is 458 g/mol. The first-order chi connectivity index (χ1) is 15.9. The number of H-pyrrole nitrogens is 1. The van der Waals surface area contributed by atoms with Gasteiger partial charge >= 0.3 is 0 Å². The summed E-state index contributed by atoms with van der Waals surface area (Å²) in [5, 5.41) is 7.09. The van der Waals surface area contributed by atoms with Crippen LogP contribution in [0.15, 0.2) is 50.8 Å². The van der Waals surface area contributed by atoms with E-state index in [0.717, 1.165) is 61.1 Å². The maximum absolute atomic E-state index is 5.81. The van der Waals surface area contributed by atoms with Crippen molar-refractivity contribution < 1.29 is 9.26 Å². The standard InChI is InChI=1S/C26H26N4O2S/c1-13(2)17-9-7-8-10-22(17)33-26-24-18-12-21(31-6)19(23-14(3)30-32-15(23)4)11-20(18)29-25(24)27-16(5)28-26/h7-13H,1-6H3,(H,27,28,29). The van der Waals surface area contributed by atoms with Gasteiger partial charge in [0.1, 0.15) is 28.0 Å². The molecule has 0 saturated heterocycles. The lowest BCUT2D eigenvalue weighted by molar-refractivity contribution is 0.393. The zero-order chi connectivity index (χ0) is 23.3. The van der Waals surface area contributed by atoms with Crippen LogP contribution in [0, 0.1) is 20.8 Å². The van der Waals surface area contributed by atoms with Crippen molar-refractivity contribution >= 4 is 33.7 Å². The van der Waals surface area contributed by atoms with E-state index < -0.39 is 0 Å². The molecular weight excluding hydrogens is 432 g/mol. The van der Waals surface area contributed by atoms with Gasteiger partial charge in [-0.3, -0.25) is 0 Å². The Hall–Kier alpha value is -3.32. The van der Waals surface area contributed by atoms with Crippen LogP contribution in [0.1, 0.15) is 42.6 Å². The second-order valence-corrected chi connectivity index (χ2v) is 9.55. The van der Waals surface area contributed by atoms with Crippen molar-refractivity contribution in [2.75, 3.05) is 7.11 Å². The number of nitrogens with one attached hydrogen (secondary N) is 1. The number of fused-ring (bicyclic) bond motifs is 3. The molecule has 7 heteroatoms. The highest BCUT2D eigenvalue weighted by atomic mass is 32.2. The van der Waals surface area contributed by atoms with Crippen LogP contribution in [0.5, 0.6) is 5.75 Å². The van der Waals surface area contributed by atoms with Gasteiger partial charge in [-0.25, -0.2) is 9.97 Å². The number of rotatable bonds is 5. The van der Waals surface area contributed by atoms with Crippen molar-refractivity contribution in [2.24, 2.45) is 0 Å². The lowest BCUT2D eigenvalue weighted by Crippen LogP contribution is -1.94. The number of aromatic amines is 1. The lowest BCUT2D eigenvalue weighted by Gasteiger charge is -2.12. The lowest BCUT2D eigenvalue weighted by atomic mass is 10.0. The number of nitrogens with zero attached hydrogens (tertiary/aromatic N) is 3. The van der Waals surface area contributed by atoms with Gasteiger partial charge in [0.05, 0.1) is 23.8 Å². The van der Waals surface area contributed by atoms with E-state index in [1.165, 1.54) is 10.5 Å². The fraction of sp³-hybridized carbons (Fsp3) is 0.269. The number of methoxy groups -OCH3 is 1. The molecule has 0 saturated carbocycles. The fourth-order valence-corrected chi connectivity index (χ4v) is 5.62. The number of aryl methyl sites for hydroxylation is 3. The van der Waals surface area contributed by atoms with Gasteiger partial charge in [-0.15, -0.1) is 0 Å². The third kappa shape index (κ3) is 3.66. The molecule has 0 bridgehead atoms. The third-order valence-corrected chi connectivity index (χ3v) is 6.98. The van der Waals surface area contributed by atoms with Crippen molar-refractivity contribution in [2.45, 2.75) is 50.5 Å². The number of ether oxygens (including phenoxy) is 1. The molecule has 0 fully saturated rings. The topological polar surface area (TPSA) is 76.8 Å². The minimum absolute atomic E-state index is 0.424. The molecule has 0 aliphatic carbocycles. The molecular formula is C26H26N4O2S. The molecule has 0 aliphatic rings. The first-order valence-electron chi connectivity index (χ1n) is 11.0. The minimum atomic E-state index is 0.424. The van der Waals surface area contributed by atoms with Crippen LogP contribution in [0.4, 0.5) is 0 Å². The second kappa shape index (κ2) is 8.23. The molecule has 0 amide bonds. The molecule has 3 heterocycles. The van der Waals surface area contributed by atoms with Crippen molar-refractivity contribution in [3.05, 3.63) is 59.2 Å². The highest BCUT2D eigenvalue weighted by Gasteiger charge is 2.21. The van der Waals surface area contributed by atoms with E-state index in [0.29, 0.717) is 5.92 Å². The Balaban J connectivity index is 1.75. The van der Waals surface area contributed by atoms with Gasteiger partial charge in [0.15, 0.2) is 0 Å².